The zero-order valence-electron chi connectivity index (χ0n) is 17.9. The number of carbonyl (C=O) groups is 3. The molecule has 172 valence electrons. The number of furan rings is 1. The number of rotatable bonds is 5. The van der Waals surface area contributed by atoms with Crippen molar-refractivity contribution in [3.8, 4) is 11.3 Å². The number of likely N-dealkylation sites (N-methyl/N-ethyl adjacent to an activating group) is 1. The van der Waals surface area contributed by atoms with Gasteiger partial charge in [0.2, 0.25) is 0 Å². The molecule has 2 N–H and O–H groups in total. The van der Waals surface area contributed by atoms with Gasteiger partial charge in [0.05, 0.1) is 26.7 Å². The van der Waals surface area contributed by atoms with Crippen molar-refractivity contribution in [1.29, 1.82) is 0 Å². The molecule has 1 aliphatic heterocycles. The number of amides is 1. The highest BCUT2D eigenvalue weighted by molar-refractivity contribution is 8.18. The van der Waals surface area contributed by atoms with E-state index < -0.39 is 11.9 Å². The maximum atomic E-state index is 12.7. The molecular formula is C24H17ClN2O6S. The molecule has 0 unspecified atom stereocenters. The Balaban J connectivity index is 1.60. The van der Waals surface area contributed by atoms with Crippen molar-refractivity contribution in [2.45, 2.75) is 6.92 Å². The third kappa shape index (κ3) is 4.48. The van der Waals surface area contributed by atoms with Crippen LogP contribution < -0.4 is 0 Å². The second-order valence-electron chi connectivity index (χ2n) is 7.33. The molecule has 0 atom stereocenters. The number of hydrogen-bond acceptors (Lipinski definition) is 6. The second-order valence-corrected chi connectivity index (χ2v) is 8.74. The molecule has 1 fully saturated rings. The van der Waals surface area contributed by atoms with E-state index in [1.165, 1.54) is 23.1 Å². The fourth-order valence-corrected chi connectivity index (χ4v) is 4.51. The zero-order chi connectivity index (χ0) is 24.6. The minimum absolute atomic E-state index is 0.00810. The quantitative estimate of drug-likeness (QED) is 0.445. The lowest BCUT2D eigenvalue weighted by atomic mass is 10.1. The average molecular weight is 497 g/mol. The number of amidine groups is 1. The molecule has 8 nitrogen and oxygen atoms in total. The Labute approximate surface area is 203 Å². The van der Waals surface area contributed by atoms with E-state index in [4.69, 9.17) is 21.1 Å². The summed E-state index contributed by atoms with van der Waals surface area (Å²) in [6, 6.07) is 12.7. The smallest absolute Gasteiger partial charge is 0.337 e. The topological polar surface area (TPSA) is 120 Å². The Morgan fingerprint density at radius 1 is 1.09 bits per heavy atom. The van der Waals surface area contributed by atoms with Gasteiger partial charge in [0, 0.05) is 18.7 Å². The fourth-order valence-electron chi connectivity index (χ4n) is 3.29. The highest BCUT2D eigenvalue weighted by Crippen LogP contribution is 2.35. The maximum Gasteiger partial charge on any atom is 0.337 e. The Hall–Kier alpha value is -3.82. The van der Waals surface area contributed by atoms with Gasteiger partial charge in [-0.1, -0.05) is 23.7 Å². The number of aromatic carboxylic acids is 2. The molecule has 3 aromatic rings. The maximum absolute atomic E-state index is 12.7. The van der Waals surface area contributed by atoms with Gasteiger partial charge in [-0.05, 0) is 60.6 Å². The van der Waals surface area contributed by atoms with Gasteiger partial charge in [0.15, 0.2) is 5.17 Å². The number of hydrogen-bond donors (Lipinski definition) is 2. The molecule has 4 rings (SSSR count). The number of carboxylic acids is 2. The molecule has 1 amide bonds. The van der Waals surface area contributed by atoms with E-state index in [1.54, 1.807) is 50.4 Å². The Kier molecular flexibility index (Phi) is 6.32. The summed E-state index contributed by atoms with van der Waals surface area (Å²) in [6.45, 7) is 1.67. The zero-order valence-corrected chi connectivity index (χ0v) is 19.5. The third-order valence-electron chi connectivity index (χ3n) is 5.14. The third-order valence-corrected chi connectivity index (χ3v) is 6.51. The standard InChI is InChI=1S/C24H17ClN2O6S/c1-12-15(22(29)30)4-3-5-18(12)26-24-27(2)21(28)20(34-24)11-14-7-9-19(33-14)13-6-8-16(23(31)32)17(25)10-13/h3-11H,1-2H3,(H,29,30)(H,31,32)/b20-11-,26-24?. The molecule has 10 heteroatoms. The normalized spacial score (nSPS) is 16.0. The lowest BCUT2D eigenvalue weighted by Gasteiger charge is -2.09. The van der Waals surface area contributed by atoms with E-state index in [1.807, 2.05) is 0 Å². The van der Waals surface area contributed by atoms with Crippen LogP contribution in [0.2, 0.25) is 5.02 Å². The van der Waals surface area contributed by atoms with E-state index in [0.29, 0.717) is 38.4 Å². The summed E-state index contributed by atoms with van der Waals surface area (Å²) in [5, 5.41) is 18.9. The molecule has 2 aromatic carbocycles. The van der Waals surface area contributed by atoms with Crippen LogP contribution in [0.1, 0.15) is 32.0 Å². The van der Waals surface area contributed by atoms with Crippen LogP contribution in [-0.4, -0.2) is 45.2 Å². The largest absolute Gasteiger partial charge is 0.478 e. The van der Waals surface area contributed by atoms with Crippen molar-refractivity contribution in [2.75, 3.05) is 7.05 Å². The van der Waals surface area contributed by atoms with Gasteiger partial charge in [-0.3, -0.25) is 9.69 Å². The van der Waals surface area contributed by atoms with E-state index in [-0.39, 0.29) is 22.1 Å². The Morgan fingerprint density at radius 3 is 2.50 bits per heavy atom. The first-order valence-electron chi connectivity index (χ1n) is 9.88. The van der Waals surface area contributed by atoms with Crippen LogP contribution in [0.15, 0.2) is 62.8 Å². The fraction of sp³-hybridized carbons (Fsp3) is 0.0833. The minimum atomic E-state index is -1.12. The molecule has 1 aromatic heterocycles. The number of benzene rings is 2. The van der Waals surface area contributed by atoms with Gasteiger partial charge in [0.25, 0.3) is 5.91 Å². The van der Waals surface area contributed by atoms with Gasteiger partial charge in [-0.15, -0.1) is 0 Å². The summed E-state index contributed by atoms with van der Waals surface area (Å²) in [6.07, 6.45) is 1.59. The van der Waals surface area contributed by atoms with Crippen molar-refractivity contribution in [1.82, 2.24) is 4.90 Å². The predicted octanol–water partition coefficient (Wildman–Crippen LogP) is 5.54. The number of carbonyl (C=O) groups excluding carboxylic acids is 1. The van der Waals surface area contributed by atoms with E-state index in [0.717, 1.165) is 11.8 Å². The van der Waals surface area contributed by atoms with Gasteiger partial charge in [-0.2, -0.15) is 0 Å². The number of nitrogens with zero attached hydrogens (tertiary/aromatic N) is 2. The molecule has 0 saturated carbocycles. The summed E-state index contributed by atoms with van der Waals surface area (Å²) < 4.78 is 5.81. The molecule has 0 aliphatic carbocycles. The van der Waals surface area contributed by atoms with Crippen LogP contribution in [0, 0.1) is 6.92 Å². The summed E-state index contributed by atoms with van der Waals surface area (Å²) >= 11 is 7.19. The molecule has 34 heavy (non-hydrogen) atoms. The summed E-state index contributed by atoms with van der Waals surface area (Å²) in [7, 11) is 1.59. The van der Waals surface area contributed by atoms with Crippen molar-refractivity contribution < 1.29 is 29.0 Å². The van der Waals surface area contributed by atoms with Crippen molar-refractivity contribution in [2.24, 2.45) is 4.99 Å². The molecule has 2 heterocycles. The highest BCUT2D eigenvalue weighted by Gasteiger charge is 2.31. The Bertz CT molecular complexity index is 1410. The van der Waals surface area contributed by atoms with Crippen LogP contribution in [0.3, 0.4) is 0 Å². The predicted molar refractivity (Wildman–Crippen MR) is 130 cm³/mol. The Morgan fingerprint density at radius 2 is 1.82 bits per heavy atom. The van der Waals surface area contributed by atoms with Crippen molar-refractivity contribution in [3.05, 3.63) is 80.9 Å². The highest BCUT2D eigenvalue weighted by atomic mass is 35.5. The van der Waals surface area contributed by atoms with Gasteiger partial charge < -0.3 is 14.6 Å². The SMILES string of the molecule is Cc1c(N=C2S/C(=C\c3ccc(-c4ccc(C(=O)O)c(Cl)c4)o3)C(=O)N2C)cccc1C(=O)O. The monoisotopic (exact) mass is 496 g/mol. The molecule has 1 aliphatic rings. The van der Waals surface area contributed by atoms with Crippen molar-refractivity contribution in [3.63, 3.8) is 0 Å². The minimum Gasteiger partial charge on any atom is -0.478 e. The van der Waals surface area contributed by atoms with Crippen LogP contribution in [0.5, 0.6) is 0 Å². The van der Waals surface area contributed by atoms with Crippen molar-refractivity contribution >= 4 is 58.1 Å². The number of thioether (sulfide) groups is 1. The molecule has 1 saturated heterocycles. The van der Waals surface area contributed by atoms with Crippen LogP contribution in [0.25, 0.3) is 17.4 Å². The van der Waals surface area contributed by atoms with Gasteiger partial charge in [-0.25, -0.2) is 14.6 Å². The summed E-state index contributed by atoms with van der Waals surface area (Å²) in [5.74, 6) is -1.56. The van der Waals surface area contributed by atoms with E-state index in [2.05, 4.69) is 4.99 Å². The number of aliphatic imine (C=N–C) groups is 1. The van der Waals surface area contributed by atoms with E-state index >= 15 is 0 Å². The van der Waals surface area contributed by atoms with Crippen LogP contribution >= 0.6 is 23.4 Å². The lowest BCUT2D eigenvalue weighted by molar-refractivity contribution is -0.121. The van der Waals surface area contributed by atoms with Gasteiger partial charge in [0.1, 0.15) is 11.5 Å². The first-order valence-corrected chi connectivity index (χ1v) is 11.1. The molecule has 0 spiro atoms. The average Bonchev–Trinajstić information content (AvgIpc) is 3.35. The molecular weight excluding hydrogens is 480 g/mol. The molecule has 0 bridgehead atoms. The summed E-state index contributed by atoms with van der Waals surface area (Å²) in [4.78, 5) is 41.5. The van der Waals surface area contributed by atoms with Crippen LogP contribution in [0.4, 0.5) is 5.69 Å². The first kappa shape index (κ1) is 23.3. The lowest BCUT2D eigenvalue weighted by Crippen LogP contribution is -2.23. The number of halogens is 1. The summed E-state index contributed by atoms with van der Waals surface area (Å²) in [5.41, 5.74) is 1.70. The van der Waals surface area contributed by atoms with Gasteiger partial charge >= 0.3 is 11.9 Å². The molecule has 0 radical (unpaired) electrons. The first-order chi connectivity index (χ1) is 16.2. The number of carboxylic acid groups (broad SMARTS) is 2. The van der Waals surface area contributed by atoms with E-state index in [9.17, 15) is 19.5 Å². The van der Waals surface area contributed by atoms with Crippen LogP contribution in [-0.2, 0) is 4.79 Å². The second kappa shape index (κ2) is 9.20.